The molecule has 0 radical (unpaired) electrons. The molecule has 3 aromatic rings. The second-order valence-corrected chi connectivity index (χ2v) is 6.33. The van der Waals surface area contributed by atoms with E-state index in [2.05, 4.69) is 9.97 Å². The third-order valence-corrected chi connectivity index (χ3v) is 4.16. The Morgan fingerprint density at radius 3 is 2.69 bits per heavy atom. The molecular formula is C20H24N2O4. The molecule has 138 valence electrons. The van der Waals surface area contributed by atoms with Crippen molar-refractivity contribution in [2.24, 2.45) is 0 Å². The Balaban J connectivity index is 2.18. The van der Waals surface area contributed by atoms with Gasteiger partial charge in [0.15, 0.2) is 5.69 Å². The van der Waals surface area contributed by atoms with E-state index in [9.17, 15) is 4.79 Å². The highest BCUT2D eigenvalue weighted by atomic mass is 16.6. The summed E-state index contributed by atoms with van der Waals surface area (Å²) in [5, 5.41) is 1.94. The van der Waals surface area contributed by atoms with Gasteiger partial charge < -0.3 is 19.2 Å². The fraction of sp³-hybridized carbons (Fsp3) is 0.400. The number of carbonyl (C=O) groups excluding carboxylic acids is 1. The Morgan fingerprint density at radius 2 is 2.00 bits per heavy atom. The molecule has 0 aliphatic heterocycles. The van der Waals surface area contributed by atoms with Gasteiger partial charge >= 0.3 is 5.97 Å². The number of rotatable bonds is 7. The van der Waals surface area contributed by atoms with Crippen LogP contribution in [0, 0.1) is 0 Å². The van der Waals surface area contributed by atoms with Crippen LogP contribution in [0.15, 0.2) is 24.4 Å². The number of pyridine rings is 1. The molecule has 1 N–H and O–H groups in total. The molecule has 0 bridgehead atoms. The van der Waals surface area contributed by atoms with Crippen molar-refractivity contribution in [1.82, 2.24) is 9.97 Å². The zero-order valence-electron chi connectivity index (χ0n) is 15.6. The average Bonchev–Trinajstić information content (AvgIpc) is 3.00. The number of benzene rings is 1. The zero-order chi connectivity index (χ0) is 18.7. The van der Waals surface area contributed by atoms with Crippen molar-refractivity contribution in [3.8, 4) is 5.75 Å². The predicted octanol–water partition coefficient (Wildman–Crippen LogP) is 3.87. The summed E-state index contributed by atoms with van der Waals surface area (Å²) in [5.41, 5.74) is 3.04. The monoisotopic (exact) mass is 356 g/mol. The maximum atomic E-state index is 12.5. The largest absolute Gasteiger partial charge is 0.490 e. The molecule has 6 nitrogen and oxygen atoms in total. The first kappa shape index (κ1) is 18.2. The molecule has 0 aliphatic carbocycles. The number of aromatic amines is 1. The maximum Gasteiger partial charge on any atom is 0.357 e. The van der Waals surface area contributed by atoms with E-state index < -0.39 is 5.97 Å². The lowest BCUT2D eigenvalue weighted by molar-refractivity contribution is 0.0380. The lowest BCUT2D eigenvalue weighted by Gasteiger charge is -2.13. The molecular weight excluding hydrogens is 332 g/mol. The van der Waals surface area contributed by atoms with Crippen LogP contribution in [0.25, 0.3) is 21.8 Å². The Hall–Kier alpha value is -2.60. The summed E-state index contributed by atoms with van der Waals surface area (Å²) in [7, 11) is 1.57. The Bertz CT molecular complexity index is 930. The number of nitrogens with zero attached hydrogens (tertiary/aromatic N) is 1. The van der Waals surface area contributed by atoms with Gasteiger partial charge in [-0.3, -0.25) is 0 Å². The van der Waals surface area contributed by atoms with Crippen LogP contribution in [-0.4, -0.2) is 42.4 Å². The number of hydrogen-bond donors (Lipinski definition) is 1. The number of aryl methyl sites for hydroxylation is 1. The molecule has 0 fully saturated rings. The summed E-state index contributed by atoms with van der Waals surface area (Å²) in [5.74, 6) is 0.362. The van der Waals surface area contributed by atoms with E-state index in [-0.39, 0.29) is 12.7 Å². The van der Waals surface area contributed by atoms with Gasteiger partial charge in [0.05, 0.1) is 29.9 Å². The number of H-pyrrole nitrogens is 1. The van der Waals surface area contributed by atoms with Crippen molar-refractivity contribution >= 4 is 27.8 Å². The summed E-state index contributed by atoms with van der Waals surface area (Å²) < 4.78 is 16.2. The summed E-state index contributed by atoms with van der Waals surface area (Å²) in [6.45, 7) is 6.55. The van der Waals surface area contributed by atoms with Crippen LogP contribution in [0.2, 0.25) is 0 Å². The molecule has 3 rings (SSSR count). The van der Waals surface area contributed by atoms with Crippen molar-refractivity contribution in [2.45, 2.75) is 33.3 Å². The highest BCUT2D eigenvalue weighted by Gasteiger charge is 2.21. The highest BCUT2D eigenvalue weighted by molar-refractivity contribution is 6.13. The number of ether oxygens (including phenoxy) is 3. The first-order chi connectivity index (χ1) is 12.6. The standard InChI is InChI=1S/C20H24N2O4/c1-5-13-17-15(11-21-19(13)20(23)25-10-9-24-4)22-14-7-6-8-16(18(14)17)26-12(2)3/h6-8,11-12,22H,5,9-10H2,1-4H3. The van der Waals surface area contributed by atoms with E-state index in [4.69, 9.17) is 14.2 Å². The predicted molar refractivity (Wildman–Crippen MR) is 101 cm³/mol. The minimum Gasteiger partial charge on any atom is -0.490 e. The highest BCUT2D eigenvalue weighted by Crippen LogP contribution is 2.36. The quantitative estimate of drug-likeness (QED) is 0.514. The zero-order valence-corrected chi connectivity index (χ0v) is 15.6. The maximum absolute atomic E-state index is 12.5. The summed E-state index contributed by atoms with van der Waals surface area (Å²) in [6.07, 6.45) is 2.39. The van der Waals surface area contributed by atoms with Gasteiger partial charge in [-0.15, -0.1) is 0 Å². The summed E-state index contributed by atoms with van der Waals surface area (Å²) >= 11 is 0. The molecule has 26 heavy (non-hydrogen) atoms. The van der Waals surface area contributed by atoms with Crippen LogP contribution >= 0.6 is 0 Å². The van der Waals surface area contributed by atoms with E-state index in [1.807, 2.05) is 39.0 Å². The first-order valence-electron chi connectivity index (χ1n) is 8.81. The molecule has 0 saturated carbocycles. The van der Waals surface area contributed by atoms with Crippen LogP contribution in [0.1, 0.15) is 36.8 Å². The van der Waals surface area contributed by atoms with E-state index in [0.29, 0.717) is 18.7 Å². The average molecular weight is 356 g/mol. The Labute approximate surface area is 152 Å². The van der Waals surface area contributed by atoms with E-state index >= 15 is 0 Å². The Morgan fingerprint density at radius 1 is 1.19 bits per heavy atom. The number of aromatic nitrogens is 2. The normalized spacial score (nSPS) is 11.4. The van der Waals surface area contributed by atoms with Crippen LogP contribution < -0.4 is 4.74 Å². The summed E-state index contributed by atoms with van der Waals surface area (Å²) in [4.78, 5) is 20.2. The molecule has 2 heterocycles. The van der Waals surface area contributed by atoms with Gasteiger partial charge in [-0.05, 0) is 38.0 Å². The lowest BCUT2D eigenvalue weighted by atomic mass is 10.0. The number of esters is 1. The smallest absolute Gasteiger partial charge is 0.357 e. The topological polar surface area (TPSA) is 73.4 Å². The van der Waals surface area contributed by atoms with Gasteiger partial charge in [0, 0.05) is 17.9 Å². The molecule has 0 atom stereocenters. The van der Waals surface area contributed by atoms with Crippen molar-refractivity contribution in [3.05, 3.63) is 35.7 Å². The van der Waals surface area contributed by atoms with E-state index in [0.717, 1.165) is 33.1 Å². The molecule has 1 aromatic carbocycles. The third-order valence-electron chi connectivity index (χ3n) is 4.16. The number of carbonyl (C=O) groups is 1. The molecule has 0 unspecified atom stereocenters. The fourth-order valence-electron chi connectivity index (χ4n) is 3.13. The molecule has 6 heteroatoms. The van der Waals surface area contributed by atoms with Gasteiger partial charge in [0.2, 0.25) is 0 Å². The fourth-order valence-corrected chi connectivity index (χ4v) is 3.13. The van der Waals surface area contributed by atoms with Gasteiger partial charge in [0.1, 0.15) is 12.4 Å². The van der Waals surface area contributed by atoms with Crippen molar-refractivity contribution in [3.63, 3.8) is 0 Å². The number of nitrogens with one attached hydrogen (secondary N) is 1. The molecule has 2 aromatic heterocycles. The van der Waals surface area contributed by atoms with Gasteiger partial charge in [-0.2, -0.15) is 0 Å². The summed E-state index contributed by atoms with van der Waals surface area (Å²) in [6, 6.07) is 5.90. The van der Waals surface area contributed by atoms with Gasteiger partial charge in [-0.1, -0.05) is 13.0 Å². The molecule has 0 spiro atoms. The molecule has 0 saturated heterocycles. The third kappa shape index (κ3) is 3.37. The van der Waals surface area contributed by atoms with Crippen molar-refractivity contribution in [1.29, 1.82) is 0 Å². The van der Waals surface area contributed by atoms with Crippen molar-refractivity contribution < 1.29 is 19.0 Å². The SMILES string of the molecule is CCc1c(C(=O)OCCOC)ncc2[nH]c3cccc(OC(C)C)c3c12. The van der Waals surface area contributed by atoms with Crippen LogP contribution in [0.4, 0.5) is 0 Å². The number of hydrogen-bond acceptors (Lipinski definition) is 5. The van der Waals surface area contributed by atoms with E-state index in [1.165, 1.54) is 0 Å². The van der Waals surface area contributed by atoms with Crippen LogP contribution in [-0.2, 0) is 15.9 Å². The van der Waals surface area contributed by atoms with Gasteiger partial charge in [-0.25, -0.2) is 9.78 Å². The minimum atomic E-state index is -0.433. The minimum absolute atomic E-state index is 0.0518. The number of methoxy groups -OCH3 is 1. The van der Waals surface area contributed by atoms with Crippen LogP contribution in [0.5, 0.6) is 5.75 Å². The van der Waals surface area contributed by atoms with Gasteiger partial charge in [0.25, 0.3) is 0 Å². The first-order valence-corrected chi connectivity index (χ1v) is 8.81. The van der Waals surface area contributed by atoms with E-state index in [1.54, 1.807) is 13.3 Å². The molecule has 0 amide bonds. The second kappa shape index (κ2) is 7.74. The lowest BCUT2D eigenvalue weighted by Crippen LogP contribution is -2.14. The second-order valence-electron chi connectivity index (χ2n) is 6.33. The number of fused-ring (bicyclic) bond motifs is 3. The van der Waals surface area contributed by atoms with Crippen molar-refractivity contribution in [2.75, 3.05) is 20.3 Å². The molecule has 0 aliphatic rings. The Kier molecular flexibility index (Phi) is 5.42. The van der Waals surface area contributed by atoms with Crippen LogP contribution in [0.3, 0.4) is 0 Å².